The molecule has 0 saturated heterocycles. The van der Waals surface area contributed by atoms with E-state index in [-0.39, 0.29) is 5.56 Å². The molecule has 2 unspecified atom stereocenters. The molecular formula is C11H16N2O. The van der Waals surface area contributed by atoms with Gasteiger partial charge in [-0.2, -0.15) is 0 Å². The molecule has 1 saturated carbocycles. The van der Waals surface area contributed by atoms with E-state index in [0.29, 0.717) is 5.92 Å². The number of nitrogens with one attached hydrogen (secondary N) is 1. The van der Waals surface area contributed by atoms with Crippen LogP contribution in [-0.2, 0) is 0 Å². The Labute approximate surface area is 83.6 Å². The Balaban J connectivity index is 2.28. The molecule has 14 heavy (non-hydrogen) atoms. The lowest BCUT2D eigenvalue weighted by atomic mass is 10.1. The van der Waals surface area contributed by atoms with Gasteiger partial charge in [0.15, 0.2) is 0 Å². The summed E-state index contributed by atoms with van der Waals surface area (Å²) < 4.78 is 0. The summed E-state index contributed by atoms with van der Waals surface area (Å²) in [7, 11) is 0. The van der Waals surface area contributed by atoms with Gasteiger partial charge in [0.1, 0.15) is 5.82 Å². The average Bonchev–Trinajstić information content (AvgIpc) is 2.50. The van der Waals surface area contributed by atoms with Crippen LogP contribution >= 0.6 is 0 Å². The Hall–Kier alpha value is -1.12. The zero-order valence-corrected chi connectivity index (χ0v) is 8.71. The number of aromatic nitrogens is 2. The molecule has 2 atom stereocenters. The molecule has 1 aliphatic carbocycles. The van der Waals surface area contributed by atoms with Crippen LogP contribution in [0.2, 0.25) is 0 Å². The molecular weight excluding hydrogens is 176 g/mol. The molecule has 1 fully saturated rings. The number of hydrogen-bond donors (Lipinski definition) is 1. The molecule has 0 spiro atoms. The van der Waals surface area contributed by atoms with Crippen molar-refractivity contribution in [1.29, 1.82) is 0 Å². The third kappa shape index (κ3) is 1.86. The summed E-state index contributed by atoms with van der Waals surface area (Å²) in [5, 5.41) is 0. The molecule has 0 aliphatic heterocycles. The van der Waals surface area contributed by atoms with Crippen LogP contribution in [0.25, 0.3) is 0 Å². The Bertz CT molecular complexity index is 383. The first-order valence-electron chi connectivity index (χ1n) is 5.23. The predicted octanol–water partition coefficient (Wildman–Crippen LogP) is 1.98. The summed E-state index contributed by atoms with van der Waals surface area (Å²) >= 11 is 0. The lowest BCUT2D eigenvalue weighted by Crippen LogP contribution is -2.13. The largest absolute Gasteiger partial charge is 0.310 e. The van der Waals surface area contributed by atoms with Crippen LogP contribution in [0.4, 0.5) is 0 Å². The number of aryl methyl sites for hydroxylation is 1. The van der Waals surface area contributed by atoms with E-state index in [1.165, 1.54) is 6.42 Å². The fourth-order valence-corrected chi connectivity index (χ4v) is 2.25. The van der Waals surface area contributed by atoms with Gasteiger partial charge < -0.3 is 4.98 Å². The van der Waals surface area contributed by atoms with Crippen molar-refractivity contribution >= 4 is 0 Å². The molecule has 3 nitrogen and oxygen atoms in total. The summed E-state index contributed by atoms with van der Waals surface area (Å²) in [6.07, 6.45) is 3.57. The zero-order valence-electron chi connectivity index (χ0n) is 8.71. The van der Waals surface area contributed by atoms with E-state index in [1.807, 2.05) is 6.92 Å². The van der Waals surface area contributed by atoms with Crippen LogP contribution < -0.4 is 5.56 Å². The van der Waals surface area contributed by atoms with Crippen LogP contribution in [0.5, 0.6) is 0 Å². The molecule has 0 amide bonds. The maximum absolute atomic E-state index is 11.3. The Morgan fingerprint density at radius 2 is 2.29 bits per heavy atom. The van der Waals surface area contributed by atoms with E-state index in [9.17, 15) is 4.79 Å². The lowest BCUT2D eigenvalue weighted by molar-refractivity contribution is 0.583. The van der Waals surface area contributed by atoms with Crippen LogP contribution in [0.15, 0.2) is 10.9 Å². The van der Waals surface area contributed by atoms with Crippen molar-refractivity contribution < 1.29 is 0 Å². The minimum Gasteiger partial charge on any atom is -0.310 e. The molecule has 2 rings (SSSR count). The molecule has 3 heteroatoms. The fourth-order valence-electron chi connectivity index (χ4n) is 2.25. The molecule has 0 bridgehead atoms. The van der Waals surface area contributed by atoms with Gasteiger partial charge in [-0.3, -0.25) is 4.79 Å². The molecule has 0 radical (unpaired) electrons. The van der Waals surface area contributed by atoms with Crippen molar-refractivity contribution in [2.45, 2.75) is 39.0 Å². The second-order valence-corrected chi connectivity index (χ2v) is 4.39. The maximum Gasteiger partial charge on any atom is 0.251 e. The van der Waals surface area contributed by atoms with E-state index in [2.05, 4.69) is 16.9 Å². The third-order valence-electron chi connectivity index (χ3n) is 2.97. The molecule has 1 aromatic heterocycles. The highest BCUT2D eigenvalue weighted by atomic mass is 16.1. The minimum absolute atomic E-state index is 0.0212. The Morgan fingerprint density at radius 1 is 1.50 bits per heavy atom. The normalized spacial score (nSPS) is 26.7. The highest BCUT2D eigenvalue weighted by Gasteiger charge is 2.24. The van der Waals surface area contributed by atoms with E-state index >= 15 is 0 Å². The summed E-state index contributed by atoms with van der Waals surface area (Å²) in [6.45, 7) is 4.13. The van der Waals surface area contributed by atoms with Gasteiger partial charge in [-0.05, 0) is 32.1 Å². The van der Waals surface area contributed by atoms with Gasteiger partial charge >= 0.3 is 0 Å². The lowest BCUT2D eigenvalue weighted by Gasteiger charge is -2.08. The standard InChI is InChI=1S/C11H16N2O/c1-7-3-4-9(5-7)11-12-8(2)6-10(14)13-11/h6-7,9H,3-5H2,1-2H3,(H,12,13,14). The highest BCUT2D eigenvalue weighted by molar-refractivity contribution is 5.05. The SMILES string of the molecule is Cc1cc(=O)[nH]c(C2CCC(C)C2)n1. The van der Waals surface area contributed by atoms with E-state index in [4.69, 9.17) is 0 Å². The number of hydrogen-bond acceptors (Lipinski definition) is 2. The molecule has 1 aliphatic rings. The van der Waals surface area contributed by atoms with Gasteiger partial charge in [0.2, 0.25) is 0 Å². The predicted molar refractivity (Wildman–Crippen MR) is 55.4 cm³/mol. The number of aromatic amines is 1. The van der Waals surface area contributed by atoms with Crippen molar-refractivity contribution in [3.63, 3.8) is 0 Å². The van der Waals surface area contributed by atoms with Crippen molar-refractivity contribution in [3.05, 3.63) is 27.9 Å². The van der Waals surface area contributed by atoms with Gasteiger partial charge in [-0.1, -0.05) is 6.92 Å². The van der Waals surface area contributed by atoms with Crippen LogP contribution in [0.3, 0.4) is 0 Å². The van der Waals surface area contributed by atoms with Crippen LogP contribution in [-0.4, -0.2) is 9.97 Å². The quantitative estimate of drug-likeness (QED) is 0.739. The van der Waals surface area contributed by atoms with Gasteiger partial charge in [0.05, 0.1) is 0 Å². The molecule has 1 heterocycles. The second-order valence-electron chi connectivity index (χ2n) is 4.39. The maximum atomic E-state index is 11.3. The smallest absolute Gasteiger partial charge is 0.251 e. The fraction of sp³-hybridized carbons (Fsp3) is 0.636. The minimum atomic E-state index is -0.0212. The van der Waals surface area contributed by atoms with E-state index in [0.717, 1.165) is 30.3 Å². The summed E-state index contributed by atoms with van der Waals surface area (Å²) in [5.74, 6) is 2.13. The third-order valence-corrected chi connectivity index (χ3v) is 2.97. The summed E-state index contributed by atoms with van der Waals surface area (Å²) in [6, 6.07) is 1.54. The van der Waals surface area contributed by atoms with Crippen molar-refractivity contribution in [1.82, 2.24) is 9.97 Å². The van der Waals surface area contributed by atoms with Crippen molar-refractivity contribution in [2.75, 3.05) is 0 Å². The molecule has 1 N–H and O–H groups in total. The second kappa shape index (κ2) is 3.56. The number of H-pyrrole nitrogens is 1. The topological polar surface area (TPSA) is 45.8 Å². The summed E-state index contributed by atoms with van der Waals surface area (Å²) in [4.78, 5) is 18.5. The zero-order chi connectivity index (χ0) is 10.1. The molecule has 1 aromatic rings. The van der Waals surface area contributed by atoms with E-state index in [1.54, 1.807) is 6.07 Å². The first-order chi connectivity index (χ1) is 6.65. The number of nitrogens with zero attached hydrogens (tertiary/aromatic N) is 1. The number of rotatable bonds is 1. The first kappa shape index (κ1) is 9.44. The Morgan fingerprint density at radius 3 is 2.86 bits per heavy atom. The Kier molecular flexibility index (Phi) is 2.40. The first-order valence-corrected chi connectivity index (χ1v) is 5.23. The molecule has 0 aromatic carbocycles. The highest BCUT2D eigenvalue weighted by Crippen LogP contribution is 2.35. The van der Waals surface area contributed by atoms with Gasteiger partial charge in [0.25, 0.3) is 5.56 Å². The van der Waals surface area contributed by atoms with Crippen LogP contribution in [0, 0.1) is 12.8 Å². The van der Waals surface area contributed by atoms with Crippen molar-refractivity contribution in [2.24, 2.45) is 5.92 Å². The van der Waals surface area contributed by atoms with Gasteiger partial charge in [-0.25, -0.2) is 4.98 Å². The van der Waals surface area contributed by atoms with Gasteiger partial charge in [-0.15, -0.1) is 0 Å². The van der Waals surface area contributed by atoms with Crippen molar-refractivity contribution in [3.8, 4) is 0 Å². The summed E-state index contributed by atoms with van der Waals surface area (Å²) in [5.41, 5.74) is 0.801. The molecule has 76 valence electrons. The average molecular weight is 192 g/mol. The van der Waals surface area contributed by atoms with Crippen LogP contribution in [0.1, 0.15) is 43.6 Å². The van der Waals surface area contributed by atoms with E-state index < -0.39 is 0 Å². The van der Waals surface area contributed by atoms with Gasteiger partial charge in [0, 0.05) is 17.7 Å². The monoisotopic (exact) mass is 192 g/mol.